The topological polar surface area (TPSA) is 79.9 Å². The number of anilines is 1. The van der Waals surface area contributed by atoms with Crippen LogP contribution in [0.2, 0.25) is 0 Å². The summed E-state index contributed by atoms with van der Waals surface area (Å²) >= 11 is 0. The van der Waals surface area contributed by atoms with E-state index in [1.165, 1.54) is 18.4 Å². The monoisotopic (exact) mass is 387 g/mol. The molecule has 152 valence electrons. The van der Waals surface area contributed by atoms with Gasteiger partial charge in [-0.1, -0.05) is 11.6 Å². The molecule has 2 N–H and O–H groups in total. The zero-order valence-corrected chi connectivity index (χ0v) is 16.6. The molecule has 28 heavy (non-hydrogen) atoms. The second-order valence-corrected chi connectivity index (χ2v) is 7.20. The lowest BCUT2D eigenvalue weighted by atomic mass is 9.97. The van der Waals surface area contributed by atoms with Gasteiger partial charge in [0.15, 0.2) is 11.5 Å². The van der Waals surface area contributed by atoms with Gasteiger partial charge < -0.3 is 25.0 Å². The van der Waals surface area contributed by atoms with E-state index in [0.717, 1.165) is 24.9 Å². The molecule has 0 saturated carbocycles. The van der Waals surface area contributed by atoms with Crippen molar-refractivity contribution in [2.45, 2.75) is 44.6 Å². The summed E-state index contributed by atoms with van der Waals surface area (Å²) in [6, 6.07) is 4.93. The van der Waals surface area contributed by atoms with Crippen molar-refractivity contribution in [1.82, 2.24) is 10.6 Å². The maximum atomic E-state index is 12.4. The van der Waals surface area contributed by atoms with Crippen molar-refractivity contribution in [3.63, 3.8) is 0 Å². The fraction of sp³-hybridized carbons (Fsp3) is 0.524. The molecular formula is C21H29N3O4. The molecule has 1 atom stereocenters. The number of benzene rings is 1. The maximum absolute atomic E-state index is 12.4. The summed E-state index contributed by atoms with van der Waals surface area (Å²) in [7, 11) is 3.13. The van der Waals surface area contributed by atoms with Gasteiger partial charge >= 0.3 is 6.03 Å². The number of carbonyl (C=O) groups excluding carboxylic acids is 2. The highest BCUT2D eigenvalue weighted by Gasteiger charge is 2.32. The van der Waals surface area contributed by atoms with E-state index in [1.54, 1.807) is 31.3 Å². The fourth-order valence-corrected chi connectivity index (χ4v) is 3.75. The van der Waals surface area contributed by atoms with Gasteiger partial charge in [-0.3, -0.25) is 4.79 Å². The Balaban J connectivity index is 1.50. The highest BCUT2D eigenvalue weighted by atomic mass is 16.5. The lowest BCUT2D eigenvalue weighted by Gasteiger charge is -2.19. The van der Waals surface area contributed by atoms with Crippen LogP contribution in [0.15, 0.2) is 29.8 Å². The van der Waals surface area contributed by atoms with Crippen molar-refractivity contribution >= 4 is 17.6 Å². The van der Waals surface area contributed by atoms with Gasteiger partial charge in [0.2, 0.25) is 5.91 Å². The molecule has 3 amide bonds. The van der Waals surface area contributed by atoms with E-state index in [2.05, 4.69) is 16.7 Å². The molecule has 0 bridgehead atoms. The van der Waals surface area contributed by atoms with Gasteiger partial charge in [-0.25, -0.2) is 4.79 Å². The average molecular weight is 387 g/mol. The van der Waals surface area contributed by atoms with Crippen LogP contribution in [-0.4, -0.2) is 45.3 Å². The number of allylic oxidation sites excluding steroid dienone is 1. The lowest BCUT2D eigenvalue weighted by Crippen LogP contribution is -2.43. The second kappa shape index (κ2) is 9.48. The highest BCUT2D eigenvalue weighted by molar-refractivity contribution is 5.97. The number of carbonyl (C=O) groups is 2. The van der Waals surface area contributed by atoms with Gasteiger partial charge in [0, 0.05) is 31.3 Å². The minimum absolute atomic E-state index is 0.0233. The summed E-state index contributed by atoms with van der Waals surface area (Å²) in [5.74, 6) is 1.16. The third-order valence-electron chi connectivity index (χ3n) is 5.26. The Bertz CT molecular complexity index is 747. The van der Waals surface area contributed by atoms with Crippen LogP contribution in [0.4, 0.5) is 10.5 Å². The predicted octanol–water partition coefficient (Wildman–Crippen LogP) is 3.00. The van der Waals surface area contributed by atoms with Gasteiger partial charge in [-0.15, -0.1) is 0 Å². The Morgan fingerprint density at radius 2 is 2.04 bits per heavy atom. The number of methoxy groups -OCH3 is 2. The van der Waals surface area contributed by atoms with Crippen molar-refractivity contribution in [2.24, 2.45) is 0 Å². The molecule has 2 aliphatic rings. The highest BCUT2D eigenvalue weighted by Crippen LogP contribution is 2.33. The molecule has 1 aromatic carbocycles. The third kappa shape index (κ3) is 4.97. The summed E-state index contributed by atoms with van der Waals surface area (Å²) in [5.41, 5.74) is 2.17. The summed E-state index contributed by atoms with van der Waals surface area (Å²) in [5, 5.41) is 5.81. The number of nitrogens with zero attached hydrogens (tertiary/aromatic N) is 1. The van der Waals surface area contributed by atoms with Crippen molar-refractivity contribution in [1.29, 1.82) is 0 Å². The average Bonchev–Trinajstić information content (AvgIpc) is 3.08. The largest absolute Gasteiger partial charge is 0.493 e. The standard InChI is InChI=1S/C21H29N3O4/c1-27-18-9-8-17(13-19(18)28-2)24-14-16(12-20(24)25)23-21(26)22-11-10-15-6-4-3-5-7-15/h6,8-9,13,16H,3-5,7,10-12,14H2,1-2H3,(H2,22,23,26)/t16-/m1/s1. The molecule has 0 radical (unpaired) electrons. The van der Waals surface area contributed by atoms with E-state index < -0.39 is 0 Å². The molecule has 7 nitrogen and oxygen atoms in total. The summed E-state index contributed by atoms with van der Waals surface area (Å²) in [6.45, 7) is 1.06. The minimum atomic E-state index is -0.219. The smallest absolute Gasteiger partial charge is 0.315 e. The molecule has 3 rings (SSSR count). The van der Waals surface area contributed by atoms with Crippen LogP contribution in [0.5, 0.6) is 11.5 Å². The zero-order chi connectivity index (χ0) is 19.9. The number of nitrogens with one attached hydrogen (secondary N) is 2. The van der Waals surface area contributed by atoms with Gasteiger partial charge in [-0.2, -0.15) is 0 Å². The number of hydrogen-bond donors (Lipinski definition) is 2. The Morgan fingerprint density at radius 1 is 1.21 bits per heavy atom. The molecular weight excluding hydrogens is 358 g/mol. The van der Waals surface area contributed by atoms with E-state index in [-0.39, 0.29) is 24.4 Å². The number of urea groups is 1. The van der Waals surface area contributed by atoms with Gasteiger partial charge in [0.05, 0.1) is 20.3 Å². The maximum Gasteiger partial charge on any atom is 0.315 e. The SMILES string of the molecule is COc1ccc(N2C[C@H](NC(=O)NCCC3=CCCCC3)CC2=O)cc1OC. The van der Waals surface area contributed by atoms with Crippen LogP contribution >= 0.6 is 0 Å². The van der Waals surface area contributed by atoms with E-state index in [0.29, 0.717) is 24.6 Å². The molecule has 1 saturated heterocycles. The number of rotatable bonds is 7. The van der Waals surface area contributed by atoms with Crippen LogP contribution in [0.3, 0.4) is 0 Å². The van der Waals surface area contributed by atoms with E-state index >= 15 is 0 Å². The molecule has 7 heteroatoms. The van der Waals surface area contributed by atoms with E-state index in [1.807, 2.05) is 6.07 Å². The van der Waals surface area contributed by atoms with E-state index in [4.69, 9.17) is 9.47 Å². The molecule has 1 fully saturated rings. The minimum Gasteiger partial charge on any atom is -0.493 e. The number of hydrogen-bond acceptors (Lipinski definition) is 4. The van der Waals surface area contributed by atoms with Crippen LogP contribution in [0, 0.1) is 0 Å². The summed E-state index contributed by atoms with van der Waals surface area (Å²) in [4.78, 5) is 26.2. The molecule has 1 aliphatic carbocycles. The van der Waals surface area contributed by atoms with Crippen molar-refractivity contribution < 1.29 is 19.1 Å². The van der Waals surface area contributed by atoms with Crippen LogP contribution in [0.1, 0.15) is 38.5 Å². The first-order valence-electron chi connectivity index (χ1n) is 9.85. The van der Waals surface area contributed by atoms with Gasteiger partial charge in [0.1, 0.15) is 0 Å². The molecule has 0 spiro atoms. The number of amides is 3. The van der Waals surface area contributed by atoms with E-state index in [9.17, 15) is 9.59 Å². The first kappa shape index (κ1) is 20.0. The van der Waals surface area contributed by atoms with Crippen molar-refractivity contribution in [2.75, 3.05) is 32.2 Å². The van der Waals surface area contributed by atoms with Crippen LogP contribution in [-0.2, 0) is 4.79 Å². The second-order valence-electron chi connectivity index (χ2n) is 7.20. The zero-order valence-electron chi connectivity index (χ0n) is 16.6. The molecule has 0 unspecified atom stereocenters. The van der Waals surface area contributed by atoms with Crippen LogP contribution in [0.25, 0.3) is 0 Å². The molecule has 1 aliphatic heterocycles. The Labute approximate surface area is 166 Å². The number of ether oxygens (including phenoxy) is 2. The Kier molecular flexibility index (Phi) is 6.79. The van der Waals surface area contributed by atoms with Crippen molar-refractivity contribution in [3.8, 4) is 11.5 Å². The third-order valence-corrected chi connectivity index (χ3v) is 5.26. The summed E-state index contributed by atoms with van der Waals surface area (Å²) in [6.07, 6.45) is 8.28. The first-order chi connectivity index (χ1) is 13.6. The van der Waals surface area contributed by atoms with Gasteiger partial charge in [-0.05, 0) is 44.2 Å². The Hall–Kier alpha value is -2.70. The quantitative estimate of drug-likeness (QED) is 0.705. The summed E-state index contributed by atoms with van der Waals surface area (Å²) < 4.78 is 10.5. The lowest BCUT2D eigenvalue weighted by molar-refractivity contribution is -0.117. The molecule has 1 aromatic rings. The molecule has 1 heterocycles. The first-order valence-corrected chi connectivity index (χ1v) is 9.85. The normalized spacial score (nSPS) is 19.2. The van der Waals surface area contributed by atoms with Crippen LogP contribution < -0.4 is 25.0 Å². The van der Waals surface area contributed by atoms with Crippen molar-refractivity contribution in [3.05, 3.63) is 29.8 Å². The molecule has 0 aromatic heterocycles. The fourth-order valence-electron chi connectivity index (χ4n) is 3.75. The van der Waals surface area contributed by atoms with Gasteiger partial charge in [0.25, 0.3) is 0 Å². The Morgan fingerprint density at radius 3 is 2.75 bits per heavy atom. The predicted molar refractivity (Wildman–Crippen MR) is 108 cm³/mol.